The number of carboxylic acid groups (broad SMARTS) is 1. The fourth-order valence-corrected chi connectivity index (χ4v) is 1.41. The third-order valence-corrected chi connectivity index (χ3v) is 2.06. The minimum atomic E-state index is -0.904. The van der Waals surface area contributed by atoms with Crippen LogP contribution < -0.4 is 0 Å². The molecule has 0 unspecified atom stereocenters. The maximum atomic E-state index is 12.8. The van der Waals surface area contributed by atoms with Crippen molar-refractivity contribution in [2.24, 2.45) is 0 Å². The molecular weight excluding hydrogens is 197 g/mol. The Morgan fingerprint density at radius 1 is 1.40 bits per heavy atom. The van der Waals surface area contributed by atoms with Crippen LogP contribution >= 0.6 is 0 Å². The quantitative estimate of drug-likeness (QED) is 0.815. The van der Waals surface area contributed by atoms with Gasteiger partial charge >= 0.3 is 5.97 Å². The lowest BCUT2D eigenvalue weighted by atomic mass is 10.1. The van der Waals surface area contributed by atoms with Gasteiger partial charge in [0.15, 0.2) is 0 Å². The Bertz CT molecular complexity index is 525. The van der Waals surface area contributed by atoms with E-state index in [1.54, 1.807) is 12.1 Å². The first kappa shape index (κ1) is 9.58. The van der Waals surface area contributed by atoms with E-state index in [-0.39, 0.29) is 12.2 Å². The average Bonchev–Trinajstić information content (AvgIpc) is 2.17. The zero-order valence-electron chi connectivity index (χ0n) is 7.77. The zero-order chi connectivity index (χ0) is 10.8. The maximum absolute atomic E-state index is 12.8. The molecule has 0 saturated carbocycles. The van der Waals surface area contributed by atoms with Crippen molar-refractivity contribution >= 4 is 16.9 Å². The molecule has 1 N–H and O–H groups in total. The Kier molecular flexibility index (Phi) is 2.33. The zero-order valence-corrected chi connectivity index (χ0v) is 7.77. The van der Waals surface area contributed by atoms with Crippen molar-refractivity contribution < 1.29 is 14.3 Å². The van der Waals surface area contributed by atoms with Crippen molar-refractivity contribution in [1.82, 2.24) is 4.98 Å². The van der Waals surface area contributed by atoms with Gasteiger partial charge in [-0.3, -0.25) is 9.78 Å². The van der Waals surface area contributed by atoms with Gasteiger partial charge in [-0.2, -0.15) is 0 Å². The molecule has 2 aromatic rings. The summed E-state index contributed by atoms with van der Waals surface area (Å²) in [6.45, 7) is 0. The van der Waals surface area contributed by atoms with E-state index in [4.69, 9.17) is 5.11 Å². The summed E-state index contributed by atoms with van der Waals surface area (Å²) in [5.74, 6) is -1.25. The average molecular weight is 205 g/mol. The number of aliphatic carboxylic acids is 1. The Morgan fingerprint density at radius 2 is 2.20 bits per heavy atom. The minimum Gasteiger partial charge on any atom is -0.481 e. The number of halogens is 1. The largest absolute Gasteiger partial charge is 0.481 e. The number of nitrogens with zero attached hydrogens (tertiary/aromatic N) is 1. The number of hydrogen-bond acceptors (Lipinski definition) is 2. The summed E-state index contributed by atoms with van der Waals surface area (Å²) < 4.78 is 12.8. The lowest BCUT2D eigenvalue weighted by Crippen LogP contribution is -2.00. The molecule has 1 heterocycles. The highest BCUT2D eigenvalue weighted by molar-refractivity contribution is 5.80. The molecule has 0 spiro atoms. The van der Waals surface area contributed by atoms with Gasteiger partial charge in [0.1, 0.15) is 5.82 Å². The predicted octanol–water partition coefficient (Wildman–Crippen LogP) is 2.00. The van der Waals surface area contributed by atoms with Crippen LogP contribution in [0.15, 0.2) is 30.5 Å². The highest BCUT2D eigenvalue weighted by atomic mass is 19.1. The molecule has 0 aliphatic heterocycles. The predicted molar refractivity (Wildman–Crippen MR) is 53.0 cm³/mol. The van der Waals surface area contributed by atoms with Crippen molar-refractivity contribution in [3.63, 3.8) is 0 Å². The summed E-state index contributed by atoms with van der Waals surface area (Å²) in [6, 6.07) is 5.94. The summed E-state index contributed by atoms with van der Waals surface area (Å²) >= 11 is 0. The van der Waals surface area contributed by atoms with E-state index >= 15 is 0 Å². The van der Waals surface area contributed by atoms with Gasteiger partial charge in [0.05, 0.1) is 11.9 Å². The van der Waals surface area contributed by atoms with Gasteiger partial charge in [0.25, 0.3) is 0 Å². The van der Waals surface area contributed by atoms with Crippen LogP contribution in [0.2, 0.25) is 0 Å². The molecule has 1 aromatic carbocycles. The van der Waals surface area contributed by atoms with Crippen LogP contribution in [0.25, 0.3) is 10.9 Å². The first-order valence-electron chi connectivity index (χ1n) is 4.41. The second-order valence-electron chi connectivity index (χ2n) is 3.25. The number of rotatable bonds is 2. The molecule has 3 nitrogen and oxygen atoms in total. The van der Waals surface area contributed by atoms with Crippen LogP contribution in [0.1, 0.15) is 5.56 Å². The van der Waals surface area contributed by atoms with Crippen molar-refractivity contribution in [2.75, 3.05) is 0 Å². The van der Waals surface area contributed by atoms with Crippen LogP contribution in [-0.4, -0.2) is 16.1 Å². The Hall–Kier alpha value is -1.97. The smallest absolute Gasteiger partial charge is 0.307 e. The number of pyridine rings is 1. The van der Waals surface area contributed by atoms with Gasteiger partial charge in [-0.15, -0.1) is 0 Å². The third kappa shape index (κ3) is 2.10. The molecule has 0 aliphatic carbocycles. The highest BCUT2D eigenvalue weighted by Crippen LogP contribution is 2.14. The second kappa shape index (κ2) is 3.65. The van der Waals surface area contributed by atoms with E-state index in [2.05, 4.69) is 4.98 Å². The molecule has 0 fully saturated rings. The minimum absolute atomic E-state index is 0.0691. The lowest BCUT2D eigenvalue weighted by Gasteiger charge is -2.00. The van der Waals surface area contributed by atoms with Gasteiger partial charge < -0.3 is 5.11 Å². The Morgan fingerprint density at radius 3 is 2.93 bits per heavy atom. The van der Waals surface area contributed by atoms with Gasteiger partial charge in [-0.05, 0) is 23.8 Å². The van der Waals surface area contributed by atoms with Crippen LogP contribution in [0, 0.1) is 5.82 Å². The van der Waals surface area contributed by atoms with Crippen molar-refractivity contribution in [2.45, 2.75) is 6.42 Å². The van der Waals surface area contributed by atoms with Crippen molar-refractivity contribution in [3.05, 3.63) is 41.8 Å². The standard InChI is InChI=1S/C11H8FNO2/c12-9-2-1-8-3-7(4-11(14)15)6-13-10(8)5-9/h1-3,5-6H,4H2,(H,14,15). The molecule has 1 aromatic heterocycles. The fraction of sp³-hybridized carbons (Fsp3) is 0.0909. The van der Waals surface area contributed by atoms with Gasteiger partial charge in [-0.25, -0.2) is 4.39 Å². The second-order valence-corrected chi connectivity index (χ2v) is 3.25. The molecule has 0 bridgehead atoms. The van der Waals surface area contributed by atoms with Crippen molar-refractivity contribution in [3.8, 4) is 0 Å². The van der Waals surface area contributed by atoms with Crippen LogP contribution in [0.3, 0.4) is 0 Å². The molecule has 0 atom stereocenters. The number of carboxylic acids is 1. The van der Waals surface area contributed by atoms with Crippen LogP contribution in [0.5, 0.6) is 0 Å². The van der Waals surface area contributed by atoms with E-state index in [1.165, 1.54) is 18.3 Å². The van der Waals surface area contributed by atoms with Crippen LogP contribution in [-0.2, 0) is 11.2 Å². The first-order chi connectivity index (χ1) is 7.15. The molecule has 0 saturated heterocycles. The molecule has 2 rings (SSSR count). The molecule has 4 heteroatoms. The number of aromatic nitrogens is 1. The van der Waals surface area contributed by atoms with Crippen LogP contribution in [0.4, 0.5) is 4.39 Å². The van der Waals surface area contributed by atoms with Gasteiger partial charge in [-0.1, -0.05) is 0 Å². The molecule has 15 heavy (non-hydrogen) atoms. The van der Waals surface area contributed by atoms with E-state index in [0.29, 0.717) is 11.1 Å². The summed E-state index contributed by atoms with van der Waals surface area (Å²) in [5.41, 5.74) is 1.14. The topological polar surface area (TPSA) is 50.2 Å². The SMILES string of the molecule is O=C(O)Cc1cnc2cc(F)ccc2c1. The number of carbonyl (C=O) groups is 1. The summed E-state index contributed by atoms with van der Waals surface area (Å²) in [6.07, 6.45) is 1.39. The van der Waals surface area contributed by atoms with E-state index < -0.39 is 5.97 Å². The third-order valence-electron chi connectivity index (χ3n) is 2.06. The van der Waals surface area contributed by atoms with E-state index in [0.717, 1.165) is 5.39 Å². The molecule has 0 amide bonds. The molecule has 0 radical (unpaired) electrons. The molecule has 76 valence electrons. The van der Waals surface area contributed by atoms with E-state index in [9.17, 15) is 9.18 Å². The number of hydrogen-bond donors (Lipinski definition) is 1. The fourth-order valence-electron chi connectivity index (χ4n) is 1.41. The Balaban J connectivity index is 2.47. The number of benzene rings is 1. The lowest BCUT2D eigenvalue weighted by molar-refractivity contribution is -0.136. The monoisotopic (exact) mass is 205 g/mol. The van der Waals surface area contributed by atoms with E-state index in [1.807, 2.05) is 0 Å². The van der Waals surface area contributed by atoms with Crippen molar-refractivity contribution in [1.29, 1.82) is 0 Å². The molecule has 0 aliphatic rings. The summed E-state index contributed by atoms with van der Waals surface area (Å²) in [5, 5.41) is 9.34. The Labute approximate surface area is 85.2 Å². The van der Waals surface area contributed by atoms with Gasteiger partial charge in [0, 0.05) is 17.6 Å². The molecular formula is C11H8FNO2. The number of fused-ring (bicyclic) bond motifs is 1. The first-order valence-corrected chi connectivity index (χ1v) is 4.41. The summed E-state index contributed by atoms with van der Waals surface area (Å²) in [7, 11) is 0. The van der Waals surface area contributed by atoms with Gasteiger partial charge in [0.2, 0.25) is 0 Å². The highest BCUT2D eigenvalue weighted by Gasteiger charge is 2.03. The maximum Gasteiger partial charge on any atom is 0.307 e. The summed E-state index contributed by atoms with van der Waals surface area (Å²) in [4.78, 5) is 14.5. The normalized spacial score (nSPS) is 10.5.